The lowest BCUT2D eigenvalue weighted by atomic mass is 10.1. The van der Waals surface area contributed by atoms with Crippen molar-refractivity contribution in [3.63, 3.8) is 0 Å². The monoisotopic (exact) mass is 256 g/mol. The summed E-state index contributed by atoms with van der Waals surface area (Å²) in [5, 5.41) is 2.78. The van der Waals surface area contributed by atoms with Crippen molar-refractivity contribution in [2.45, 2.75) is 25.3 Å². The third kappa shape index (κ3) is 2.26. The Labute approximate surface area is 112 Å². The van der Waals surface area contributed by atoms with Crippen molar-refractivity contribution in [1.82, 2.24) is 4.90 Å². The molecule has 19 heavy (non-hydrogen) atoms. The quantitative estimate of drug-likeness (QED) is 0.837. The van der Waals surface area contributed by atoms with Gasteiger partial charge in [-0.1, -0.05) is 12.1 Å². The van der Waals surface area contributed by atoms with E-state index in [1.54, 1.807) is 18.2 Å². The fourth-order valence-corrected chi connectivity index (χ4v) is 2.44. The molecule has 1 heterocycles. The van der Waals surface area contributed by atoms with Crippen LogP contribution in [0.25, 0.3) is 0 Å². The van der Waals surface area contributed by atoms with Crippen LogP contribution in [0.5, 0.6) is 0 Å². The lowest BCUT2D eigenvalue weighted by Crippen LogP contribution is -2.33. The topological polar surface area (TPSA) is 49.4 Å². The molecule has 2 aliphatic rings. The van der Waals surface area contributed by atoms with Crippen LogP contribution in [0.2, 0.25) is 0 Å². The Morgan fingerprint density at radius 2 is 2.26 bits per heavy atom. The number of carbonyl (C=O) groups is 2. The molecular weight excluding hydrogens is 240 g/mol. The average molecular weight is 256 g/mol. The van der Waals surface area contributed by atoms with E-state index in [0.29, 0.717) is 24.6 Å². The van der Waals surface area contributed by atoms with Crippen LogP contribution in [-0.4, -0.2) is 29.3 Å². The van der Waals surface area contributed by atoms with Gasteiger partial charge in [0.05, 0.1) is 6.42 Å². The highest BCUT2D eigenvalue weighted by atomic mass is 16.2. The fraction of sp³-hybridized carbons (Fsp3) is 0.333. The number of carbonyl (C=O) groups excluding carboxylic acids is 2. The minimum atomic E-state index is -0.00950. The van der Waals surface area contributed by atoms with Gasteiger partial charge in [-0.25, -0.2) is 0 Å². The van der Waals surface area contributed by atoms with Gasteiger partial charge in [0.25, 0.3) is 5.91 Å². The Morgan fingerprint density at radius 1 is 1.47 bits per heavy atom. The molecule has 2 amide bonds. The number of rotatable bonds is 4. The first-order valence-electron chi connectivity index (χ1n) is 6.53. The van der Waals surface area contributed by atoms with E-state index in [-0.39, 0.29) is 11.8 Å². The van der Waals surface area contributed by atoms with Crippen LogP contribution < -0.4 is 5.32 Å². The van der Waals surface area contributed by atoms with E-state index in [1.165, 1.54) is 0 Å². The molecule has 4 nitrogen and oxygen atoms in total. The van der Waals surface area contributed by atoms with Gasteiger partial charge in [0, 0.05) is 23.8 Å². The number of nitrogens with one attached hydrogen (secondary N) is 1. The van der Waals surface area contributed by atoms with Crippen molar-refractivity contribution in [1.29, 1.82) is 0 Å². The van der Waals surface area contributed by atoms with Gasteiger partial charge in [-0.05, 0) is 30.5 Å². The summed E-state index contributed by atoms with van der Waals surface area (Å²) in [5.41, 5.74) is 2.36. The van der Waals surface area contributed by atoms with Crippen molar-refractivity contribution < 1.29 is 9.59 Å². The molecule has 3 rings (SSSR count). The number of fused-ring (bicyclic) bond motifs is 1. The highest BCUT2D eigenvalue weighted by Crippen LogP contribution is 2.30. The van der Waals surface area contributed by atoms with Crippen molar-refractivity contribution in [3.8, 4) is 0 Å². The maximum atomic E-state index is 12.5. The van der Waals surface area contributed by atoms with Crippen LogP contribution in [-0.2, 0) is 11.2 Å². The lowest BCUT2D eigenvalue weighted by Gasteiger charge is -2.21. The minimum Gasteiger partial charge on any atom is -0.332 e. The fourth-order valence-electron chi connectivity index (χ4n) is 2.44. The van der Waals surface area contributed by atoms with Crippen molar-refractivity contribution in [2.75, 3.05) is 11.9 Å². The van der Waals surface area contributed by atoms with Crippen molar-refractivity contribution in [2.24, 2.45) is 0 Å². The molecular formula is C15H16N2O2. The van der Waals surface area contributed by atoms with Gasteiger partial charge in [0.1, 0.15) is 0 Å². The molecule has 0 spiro atoms. The maximum absolute atomic E-state index is 12.5. The average Bonchev–Trinajstić information content (AvgIpc) is 3.15. The number of amides is 2. The Kier molecular flexibility index (Phi) is 2.85. The molecule has 0 radical (unpaired) electrons. The lowest BCUT2D eigenvalue weighted by molar-refractivity contribution is -0.115. The van der Waals surface area contributed by atoms with E-state index in [4.69, 9.17) is 0 Å². The molecule has 1 N–H and O–H groups in total. The first-order valence-corrected chi connectivity index (χ1v) is 6.53. The Bertz CT molecular complexity index is 561. The maximum Gasteiger partial charge on any atom is 0.254 e. The van der Waals surface area contributed by atoms with Crippen LogP contribution in [0.1, 0.15) is 28.8 Å². The zero-order valence-electron chi connectivity index (χ0n) is 10.7. The van der Waals surface area contributed by atoms with Gasteiger partial charge >= 0.3 is 0 Å². The van der Waals surface area contributed by atoms with E-state index < -0.39 is 0 Å². The van der Waals surface area contributed by atoms with Crippen molar-refractivity contribution in [3.05, 3.63) is 42.0 Å². The highest BCUT2D eigenvalue weighted by molar-refractivity contribution is 6.02. The molecule has 1 aromatic carbocycles. The first kappa shape index (κ1) is 12.0. The number of hydrogen-bond acceptors (Lipinski definition) is 2. The van der Waals surface area contributed by atoms with E-state index >= 15 is 0 Å². The molecule has 4 heteroatoms. The molecule has 1 aliphatic carbocycles. The Morgan fingerprint density at radius 3 is 2.95 bits per heavy atom. The van der Waals surface area contributed by atoms with Crippen LogP contribution in [0.3, 0.4) is 0 Å². The van der Waals surface area contributed by atoms with Crippen LogP contribution in [0, 0.1) is 0 Å². The van der Waals surface area contributed by atoms with Gasteiger partial charge in [-0.2, -0.15) is 0 Å². The molecule has 1 saturated carbocycles. The van der Waals surface area contributed by atoms with Gasteiger partial charge in [-0.15, -0.1) is 6.58 Å². The summed E-state index contributed by atoms with van der Waals surface area (Å²) in [6, 6.07) is 5.80. The highest BCUT2D eigenvalue weighted by Gasteiger charge is 2.32. The molecule has 0 atom stereocenters. The second kappa shape index (κ2) is 4.53. The second-order valence-corrected chi connectivity index (χ2v) is 5.07. The van der Waals surface area contributed by atoms with Crippen LogP contribution in [0.15, 0.2) is 30.9 Å². The van der Waals surface area contributed by atoms with Gasteiger partial charge in [0.15, 0.2) is 0 Å². The number of anilines is 1. The SMILES string of the molecule is C=CCN(C(=O)c1ccc2c(c1)NC(=O)C2)C1CC1. The van der Waals surface area contributed by atoms with Crippen LogP contribution in [0.4, 0.5) is 5.69 Å². The molecule has 0 aromatic heterocycles. The molecule has 1 aromatic rings. The molecule has 1 fully saturated rings. The minimum absolute atomic E-state index is 0.00950. The van der Waals surface area contributed by atoms with E-state index in [2.05, 4.69) is 11.9 Å². The van der Waals surface area contributed by atoms with Crippen molar-refractivity contribution >= 4 is 17.5 Å². The molecule has 0 saturated heterocycles. The van der Waals surface area contributed by atoms with Gasteiger partial charge in [-0.3, -0.25) is 9.59 Å². The summed E-state index contributed by atoms with van der Waals surface area (Å²) in [4.78, 5) is 25.6. The van der Waals surface area contributed by atoms with E-state index in [9.17, 15) is 9.59 Å². The zero-order valence-corrected chi connectivity index (χ0v) is 10.7. The normalized spacial score (nSPS) is 16.7. The number of nitrogens with zero attached hydrogens (tertiary/aromatic N) is 1. The summed E-state index contributed by atoms with van der Waals surface area (Å²) >= 11 is 0. The zero-order chi connectivity index (χ0) is 13.4. The second-order valence-electron chi connectivity index (χ2n) is 5.07. The summed E-state index contributed by atoms with van der Waals surface area (Å²) in [5.74, 6) is 0.0103. The largest absolute Gasteiger partial charge is 0.332 e. The smallest absolute Gasteiger partial charge is 0.254 e. The standard InChI is InChI=1S/C15H16N2O2/c1-2-7-17(12-5-6-12)15(19)11-4-3-10-9-14(18)16-13(10)8-11/h2-4,8,12H,1,5-7,9H2,(H,16,18). The molecule has 98 valence electrons. The molecule has 0 unspecified atom stereocenters. The van der Waals surface area contributed by atoms with E-state index in [1.807, 2.05) is 11.0 Å². The predicted molar refractivity (Wildman–Crippen MR) is 73.0 cm³/mol. The first-order chi connectivity index (χ1) is 9.19. The third-order valence-electron chi connectivity index (χ3n) is 3.56. The summed E-state index contributed by atoms with van der Waals surface area (Å²) < 4.78 is 0. The predicted octanol–water partition coefficient (Wildman–Crippen LogP) is 1.97. The molecule has 1 aliphatic heterocycles. The van der Waals surface area contributed by atoms with Gasteiger partial charge < -0.3 is 10.2 Å². The summed E-state index contributed by atoms with van der Waals surface area (Å²) in [7, 11) is 0. The van der Waals surface area contributed by atoms with Gasteiger partial charge in [0.2, 0.25) is 5.91 Å². The molecule has 0 bridgehead atoms. The number of benzene rings is 1. The van der Waals surface area contributed by atoms with Crippen LogP contribution >= 0.6 is 0 Å². The summed E-state index contributed by atoms with van der Waals surface area (Å²) in [6.45, 7) is 4.28. The number of hydrogen-bond donors (Lipinski definition) is 1. The van der Waals surface area contributed by atoms with E-state index in [0.717, 1.165) is 24.1 Å². The Hall–Kier alpha value is -2.10. The Balaban J connectivity index is 1.85. The summed E-state index contributed by atoms with van der Waals surface area (Å²) in [6.07, 6.45) is 4.30. The third-order valence-corrected chi connectivity index (χ3v) is 3.56.